The molecular formula is C17H14N4OS. The van der Waals surface area contributed by atoms with Crippen LogP contribution in [0, 0.1) is 20.8 Å². The minimum atomic E-state index is -0.152. The van der Waals surface area contributed by atoms with Gasteiger partial charge in [-0.2, -0.15) is 4.68 Å². The highest BCUT2D eigenvalue weighted by molar-refractivity contribution is 7.25. The van der Waals surface area contributed by atoms with Gasteiger partial charge in [0, 0.05) is 11.1 Å². The zero-order valence-corrected chi connectivity index (χ0v) is 13.8. The van der Waals surface area contributed by atoms with Crippen molar-refractivity contribution in [2.75, 3.05) is 0 Å². The SMILES string of the molecule is Cc1cccc(-n2nnc3c(sc4nc(C)cc(C)c43)c2=O)c1. The molecular weight excluding hydrogens is 308 g/mol. The molecule has 3 aromatic heterocycles. The molecule has 0 aliphatic rings. The Kier molecular flexibility index (Phi) is 3.02. The van der Waals surface area contributed by atoms with Gasteiger partial charge in [0.05, 0.1) is 5.69 Å². The third kappa shape index (κ3) is 2.14. The second-order valence-electron chi connectivity index (χ2n) is 5.69. The van der Waals surface area contributed by atoms with Crippen molar-refractivity contribution in [2.45, 2.75) is 20.8 Å². The van der Waals surface area contributed by atoms with E-state index in [2.05, 4.69) is 15.3 Å². The molecule has 23 heavy (non-hydrogen) atoms. The number of hydrogen-bond acceptors (Lipinski definition) is 5. The third-order valence-electron chi connectivity index (χ3n) is 3.83. The fourth-order valence-electron chi connectivity index (χ4n) is 2.82. The molecule has 0 radical (unpaired) electrons. The predicted octanol–water partition coefficient (Wildman–Crippen LogP) is 3.32. The summed E-state index contributed by atoms with van der Waals surface area (Å²) >= 11 is 1.38. The normalized spacial score (nSPS) is 11.4. The van der Waals surface area contributed by atoms with Crippen LogP contribution in [-0.4, -0.2) is 20.0 Å². The Morgan fingerprint density at radius 3 is 2.74 bits per heavy atom. The highest BCUT2D eigenvalue weighted by atomic mass is 32.1. The van der Waals surface area contributed by atoms with Crippen LogP contribution in [0.5, 0.6) is 0 Å². The zero-order valence-electron chi connectivity index (χ0n) is 13.0. The van der Waals surface area contributed by atoms with E-state index in [-0.39, 0.29) is 5.56 Å². The first-order valence-electron chi connectivity index (χ1n) is 7.28. The topological polar surface area (TPSA) is 60.7 Å². The van der Waals surface area contributed by atoms with Crippen molar-refractivity contribution < 1.29 is 0 Å². The van der Waals surface area contributed by atoms with Gasteiger partial charge in [0.1, 0.15) is 15.0 Å². The maximum absolute atomic E-state index is 12.8. The molecule has 4 aromatic rings. The summed E-state index contributed by atoms with van der Waals surface area (Å²) in [5.41, 5.74) is 4.29. The van der Waals surface area contributed by atoms with E-state index in [4.69, 9.17) is 0 Å². The van der Waals surface area contributed by atoms with Crippen LogP contribution in [0.15, 0.2) is 35.1 Å². The lowest BCUT2D eigenvalue weighted by atomic mass is 10.1. The molecule has 0 spiro atoms. The van der Waals surface area contributed by atoms with Crippen molar-refractivity contribution in [3.05, 3.63) is 57.5 Å². The summed E-state index contributed by atoms with van der Waals surface area (Å²) in [6.07, 6.45) is 0. The van der Waals surface area contributed by atoms with Crippen molar-refractivity contribution in [1.29, 1.82) is 0 Å². The van der Waals surface area contributed by atoms with E-state index in [1.165, 1.54) is 16.0 Å². The molecule has 4 rings (SSSR count). The van der Waals surface area contributed by atoms with Gasteiger partial charge in [-0.15, -0.1) is 16.4 Å². The summed E-state index contributed by atoms with van der Waals surface area (Å²) in [5.74, 6) is 0. The Balaban J connectivity index is 2.08. The first kappa shape index (κ1) is 14.0. The summed E-state index contributed by atoms with van der Waals surface area (Å²) in [5, 5.41) is 9.37. The molecule has 0 saturated heterocycles. The number of hydrogen-bond donors (Lipinski definition) is 0. The predicted molar refractivity (Wildman–Crippen MR) is 92.5 cm³/mol. The molecule has 0 aliphatic carbocycles. The first-order valence-corrected chi connectivity index (χ1v) is 8.10. The van der Waals surface area contributed by atoms with Crippen LogP contribution >= 0.6 is 11.3 Å². The largest absolute Gasteiger partial charge is 0.292 e. The lowest BCUT2D eigenvalue weighted by Gasteiger charge is -2.04. The molecule has 0 N–H and O–H groups in total. The molecule has 0 atom stereocenters. The van der Waals surface area contributed by atoms with Crippen LogP contribution in [0.4, 0.5) is 0 Å². The summed E-state index contributed by atoms with van der Waals surface area (Å²) in [7, 11) is 0. The fourth-order valence-corrected chi connectivity index (χ4v) is 3.97. The van der Waals surface area contributed by atoms with Gasteiger partial charge in [-0.3, -0.25) is 4.79 Å². The van der Waals surface area contributed by atoms with Gasteiger partial charge < -0.3 is 0 Å². The Morgan fingerprint density at radius 2 is 1.96 bits per heavy atom. The van der Waals surface area contributed by atoms with Crippen LogP contribution in [0.2, 0.25) is 0 Å². The molecule has 0 unspecified atom stereocenters. The molecule has 0 amide bonds. The quantitative estimate of drug-likeness (QED) is 0.539. The number of thiophene rings is 1. The van der Waals surface area contributed by atoms with E-state index in [0.29, 0.717) is 10.2 Å². The van der Waals surface area contributed by atoms with Gasteiger partial charge in [0.2, 0.25) is 0 Å². The number of rotatable bonds is 1. The van der Waals surface area contributed by atoms with Crippen LogP contribution in [0.3, 0.4) is 0 Å². The summed E-state index contributed by atoms with van der Waals surface area (Å²) in [4.78, 5) is 18.2. The molecule has 0 saturated carbocycles. The van der Waals surface area contributed by atoms with Crippen LogP contribution in [0.25, 0.3) is 26.1 Å². The maximum atomic E-state index is 12.8. The number of aromatic nitrogens is 4. The zero-order chi connectivity index (χ0) is 16.1. The smallest absolute Gasteiger partial charge is 0.266 e. The van der Waals surface area contributed by atoms with Gasteiger partial charge in [-0.25, -0.2) is 4.98 Å². The van der Waals surface area contributed by atoms with Crippen LogP contribution in [0.1, 0.15) is 16.8 Å². The highest BCUT2D eigenvalue weighted by Crippen LogP contribution is 2.31. The van der Waals surface area contributed by atoms with Crippen LogP contribution < -0.4 is 5.56 Å². The Hall–Kier alpha value is -2.60. The molecule has 114 valence electrons. The highest BCUT2D eigenvalue weighted by Gasteiger charge is 2.16. The van der Waals surface area contributed by atoms with E-state index in [0.717, 1.165) is 32.7 Å². The Morgan fingerprint density at radius 1 is 1.13 bits per heavy atom. The Bertz CT molecular complexity index is 1130. The second-order valence-corrected chi connectivity index (χ2v) is 6.68. The standard InChI is InChI=1S/C17H14N4OS/c1-9-5-4-6-12(7-9)21-17(22)15-14(19-20-21)13-10(2)8-11(3)18-16(13)23-15/h4-8H,1-3H3. The van der Waals surface area contributed by atoms with Gasteiger partial charge in [-0.05, 0) is 50.1 Å². The fraction of sp³-hybridized carbons (Fsp3) is 0.176. The van der Waals surface area contributed by atoms with Gasteiger partial charge in [0.25, 0.3) is 5.56 Å². The average Bonchev–Trinajstić information content (AvgIpc) is 2.87. The number of aryl methyl sites for hydroxylation is 3. The van der Waals surface area contributed by atoms with Crippen molar-refractivity contribution in [3.63, 3.8) is 0 Å². The molecule has 5 nitrogen and oxygen atoms in total. The lowest BCUT2D eigenvalue weighted by Crippen LogP contribution is -2.21. The van der Waals surface area contributed by atoms with E-state index in [1.54, 1.807) is 0 Å². The van der Waals surface area contributed by atoms with Crippen molar-refractivity contribution >= 4 is 31.8 Å². The lowest BCUT2D eigenvalue weighted by molar-refractivity contribution is 0.740. The number of benzene rings is 1. The summed E-state index contributed by atoms with van der Waals surface area (Å²) in [6, 6.07) is 9.67. The summed E-state index contributed by atoms with van der Waals surface area (Å²) in [6.45, 7) is 5.94. The van der Waals surface area contributed by atoms with Crippen molar-refractivity contribution in [2.24, 2.45) is 0 Å². The second kappa shape index (κ2) is 4.96. The summed E-state index contributed by atoms with van der Waals surface area (Å²) < 4.78 is 1.95. The Labute approximate surface area is 136 Å². The van der Waals surface area contributed by atoms with E-state index in [1.807, 2.05) is 51.1 Å². The van der Waals surface area contributed by atoms with Gasteiger partial charge in [-0.1, -0.05) is 17.3 Å². The minimum Gasteiger partial charge on any atom is -0.266 e. The van der Waals surface area contributed by atoms with E-state index >= 15 is 0 Å². The number of nitrogens with zero attached hydrogens (tertiary/aromatic N) is 4. The van der Waals surface area contributed by atoms with Crippen LogP contribution in [-0.2, 0) is 0 Å². The number of pyridine rings is 1. The third-order valence-corrected chi connectivity index (χ3v) is 4.89. The van der Waals surface area contributed by atoms with E-state index in [9.17, 15) is 4.79 Å². The minimum absolute atomic E-state index is 0.152. The van der Waals surface area contributed by atoms with Crippen molar-refractivity contribution in [3.8, 4) is 5.69 Å². The molecule has 1 aromatic carbocycles. The van der Waals surface area contributed by atoms with Gasteiger partial charge >= 0.3 is 0 Å². The first-order chi connectivity index (χ1) is 11.0. The monoisotopic (exact) mass is 322 g/mol. The van der Waals surface area contributed by atoms with Crippen molar-refractivity contribution in [1.82, 2.24) is 20.0 Å². The molecule has 0 aliphatic heterocycles. The molecule has 0 fully saturated rings. The molecule has 0 bridgehead atoms. The van der Waals surface area contributed by atoms with E-state index < -0.39 is 0 Å². The maximum Gasteiger partial charge on any atom is 0.292 e. The number of fused-ring (bicyclic) bond motifs is 3. The molecule has 6 heteroatoms. The van der Waals surface area contributed by atoms with Gasteiger partial charge in [0.15, 0.2) is 0 Å². The average molecular weight is 322 g/mol. The molecule has 3 heterocycles.